The molecular weight excluding hydrogens is 234 g/mol. The molecule has 1 aromatic heterocycles. The van der Waals surface area contributed by atoms with Gasteiger partial charge in [0.1, 0.15) is 6.33 Å². The molecule has 2 rings (SSSR count). The molecule has 3 heteroatoms. The second-order valence-corrected chi connectivity index (χ2v) is 4.77. The summed E-state index contributed by atoms with van der Waals surface area (Å²) in [7, 11) is 0. The SMILES string of the molecule is CCCNC(Cc1ccccc1C)c1ccncn1. The molecule has 0 bridgehead atoms. The van der Waals surface area contributed by atoms with Gasteiger partial charge < -0.3 is 5.32 Å². The predicted molar refractivity (Wildman–Crippen MR) is 77.9 cm³/mol. The largest absolute Gasteiger partial charge is 0.308 e. The number of rotatable bonds is 6. The molecule has 19 heavy (non-hydrogen) atoms. The molecule has 1 atom stereocenters. The Kier molecular flexibility index (Phi) is 5.04. The van der Waals surface area contributed by atoms with Crippen LogP contribution in [0.1, 0.15) is 36.2 Å². The van der Waals surface area contributed by atoms with Crippen LogP contribution in [-0.4, -0.2) is 16.5 Å². The molecule has 0 aliphatic carbocycles. The molecule has 1 N–H and O–H groups in total. The molecule has 1 aromatic carbocycles. The number of hydrogen-bond acceptors (Lipinski definition) is 3. The maximum atomic E-state index is 4.38. The molecule has 0 fully saturated rings. The summed E-state index contributed by atoms with van der Waals surface area (Å²) in [6.07, 6.45) is 5.51. The van der Waals surface area contributed by atoms with Crippen molar-refractivity contribution in [3.63, 3.8) is 0 Å². The summed E-state index contributed by atoms with van der Waals surface area (Å²) in [5.74, 6) is 0. The highest BCUT2D eigenvalue weighted by Gasteiger charge is 2.13. The number of benzene rings is 1. The van der Waals surface area contributed by atoms with Crippen LogP contribution in [0.2, 0.25) is 0 Å². The zero-order chi connectivity index (χ0) is 13.5. The van der Waals surface area contributed by atoms with Gasteiger partial charge in [-0.2, -0.15) is 0 Å². The lowest BCUT2D eigenvalue weighted by atomic mass is 9.99. The van der Waals surface area contributed by atoms with E-state index < -0.39 is 0 Å². The summed E-state index contributed by atoms with van der Waals surface area (Å²) in [5, 5.41) is 3.57. The summed E-state index contributed by atoms with van der Waals surface area (Å²) in [6.45, 7) is 5.34. The van der Waals surface area contributed by atoms with Crippen LogP contribution in [0, 0.1) is 6.92 Å². The van der Waals surface area contributed by atoms with Gasteiger partial charge in [-0.25, -0.2) is 9.97 Å². The maximum absolute atomic E-state index is 4.38. The first-order valence-electron chi connectivity index (χ1n) is 6.85. The van der Waals surface area contributed by atoms with Crippen molar-refractivity contribution in [1.82, 2.24) is 15.3 Å². The van der Waals surface area contributed by atoms with Crippen molar-refractivity contribution < 1.29 is 0 Å². The molecule has 0 aliphatic rings. The molecular formula is C16H21N3. The van der Waals surface area contributed by atoms with E-state index in [4.69, 9.17) is 0 Å². The average Bonchev–Trinajstić information content (AvgIpc) is 2.46. The molecule has 0 aliphatic heterocycles. The van der Waals surface area contributed by atoms with Crippen molar-refractivity contribution in [2.75, 3.05) is 6.54 Å². The fraction of sp³-hybridized carbons (Fsp3) is 0.375. The zero-order valence-electron chi connectivity index (χ0n) is 11.6. The van der Waals surface area contributed by atoms with Gasteiger partial charge in [0.2, 0.25) is 0 Å². The molecule has 0 radical (unpaired) electrons. The smallest absolute Gasteiger partial charge is 0.115 e. The van der Waals surface area contributed by atoms with E-state index in [2.05, 4.69) is 53.4 Å². The molecule has 0 spiro atoms. The Balaban J connectivity index is 2.17. The second kappa shape index (κ2) is 7.00. The minimum absolute atomic E-state index is 0.254. The fourth-order valence-electron chi connectivity index (χ4n) is 2.17. The Morgan fingerprint density at radius 3 is 2.74 bits per heavy atom. The molecule has 1 heterocycles. The lowest BCUT2D eigenvalue weighted by molar-refractivity contribution is 0.516. The number of aryl methyl sites for hydroxylation is 1. The minimum atomic E-state index is 0.254. The van der Waals surface area contributed by atoms with E-state index in [1.54, 1.807) is 12.5 Å². The van der Waals surface area contributed by atoms with E-state index in [0.29, 0.717) is 0 Å². The van der Waals surface area contributed by atoms with Gasteiger partial charge in [0.05, 0.1) is 11.7 Å². The van der Waals surface area contributed by atoms with Crippen LogP contribution >= 0.6 is 0 Å². The summed E-state index contributed by atoms with van der Waals surface area (Å²) in [5.41, 5.74) is 3.77. The van der Waals surface area contributed by atoms with Crippen LogP contribution in [0.15, 0.2) is 42.9 Å². The van der Waals surface area contributed by atoms with Crippen LogP contribution in [-0.2, 0) is 6.42 Å². The Morgan fingerprint density at radius 2 is 2.05 bits per heavy atom. The lowest BCUT2D eigenvalue weighted by Crippen LogP contribution is -2.25. The molecule has 100 valence electrons. The summed E-state index contributed by atoms with van der Waals surface area (Å²) in [6, 6.07) is 10.8. The first-order chi connectivity index (χ1) is 9.31. The maximum Gasteiger partial charge on any atom is 0.115 e. The Morgan fingerprint density at radius 1 is 1.21 bits per heavy atom. The highest BCUT2D eigenvalue weighted by molar-refractivity contribution is 5.27. The predicted octanol–water partition coefficient (Wildman–Crippen LogP) is 3.07. The number of nitrogens with one attached hydrogen (secondary N) is 1. The second-order valence-electron chi connectivity index (χ2n) is 4.77. The number of hydrogen-bond donors (Lipinski definition) is 1. The Hall–Kier alpha value is -1.74. The van der Waals surface area contributed by atoms with Crippen molar-refractivity contribution in [3.8, 4) is 0 Å². The first-order valence-corrected chi connectivity index (χ1v) is 6.85. The van der Waals surface area contributed by atoms with E-state index >= 15 is 0 Å². The molecule has 0 amide bonds. The Labute approximate surface area is 115 Å². The average molecular weight is 255 g/mol. The Bertz CT molecular complexity index is 496. The minimum Gasteiger partial charge on any atom is -0.308 e. The molecule has 2 aromatic rings. The zero-order valence-corrected chi connectivity index (χ0v) is 11.6. The van der Waals surface area contributed by atoms with Gasteiger partial charge in [0.15, 0.2) is 0 Å². The molecule has 0 saturated heterocycles. The normalized spacial score (nSPS) is 12.3. The van der Waals surface area contributed by atoms with Crippen molar-refractivity contribution in [2.45, 2.75) is 32.7 Å². The summed E-state index contributed by atoms with van der Waals surface area (Å²) >= 11 is 0. The standard InChI is InChI=1S/C16H21N3/c1-3-9-18-16(15-8-10-17-12-19-15)11-14-7-5-4-6-13(14)2/h4-8,10,12,16,18H,3,9,11H2,1-2H3. The van der Waals surface area contributed by atoms with Crippen molar-refractivity contribution >= 4 is 0 Å². The third kappa shape index (κ3) is 3.86. The highest BCUT2D eigenvalue weighted by Crippen LogP contribution is 2.18. The van der Waals surface area contributed by atoms with Gasteiger partial charge in [-0.05, 0) is 43.5 Å². The van der Waals surface area contributed by atoms with Gasteiger partial charge in [0.25, 0.3) is 0 Å². The lowest BCUT2D eigenvalue weighted by Gasteiger charge is -2.19. The van der Waals surface area contributed by atoms with Gasteiger partial charge in [-0.15, -0.1) is 0 Å². The van der Waals surface area contributed by atoms with E-state index in [1.165, 1.54) is 11.1 Å². The van der Waals surface area contributed by atoms with Gasteiger partial charge in [0, 0.05) is 6.20 Å². The van der Waals surface area contributed by atoms with E-state index in [0.717, 1.165) is 25.1 Å². The van der Waals surface area contributed by atoms with Gasteiger partial charge in [-0.1, -0.05) is 31.2 Å². The van der Waals surface area contributed by atoms with E-state index in [-0.39, 0.29) is 6.04 Å². The molecule has 3 nitrogen and oxygen atoms in total. The van der Waals surface area contributed by atoms with E-state index in [9.17, 15) is 0 Å². The van der Waals surface area contributed by atoms with Crippen molar-refractivity contribution in [1.29, 1.82) is 0 Å². The van der Waals surface area contributed by atoms with Crippen molar-refractivity contribution in [3.05, 3.63) is 59.7 Å². The quantitative estimate of drug-likeness (QED) is 0.862. The third-order valence-corrected chi connectivity index (χ3v) is 3.29. The van der Waals surface area contributed by atoms with Gasteiger partial charge >= 0.3 is 0 Å². The summed E-state index contributed by atoms with van der Waals surface area (Å²) in [4.78, 5) is 8.38. The van der Waals surface area contributed by atoms with Crippen molar-refractivity contribution in [2.24, 2.45) is 0 Å². The van der Waals surface area contributed by atoms with Crippen LogP contribution in [0.4, 0.5) is 0 Å². The van der Waals surface area contributed by atoms with Crippen LogP contribution in [0.5, 0.6) is 0 Å². The first kappa shape index (κ1) is 13.7. The third-order valence-electron chi connectivity index (χ3n) is 3.29. The van der Waals surface area contributed by atoms with Crippen LogP contribution in [0.25, 0.3) is 0 Å². The summed E-state index contributed by atoms with van der Waals surface area (Å²) < 4.78 is 0. The number of nitrogens with zero attached hydrogens (tertiary/aromatic N) is 2. The topological polar surface area (TPSA) is 37.8 Å². The fourth-order valence-corrected chi connectivity index (χ4v) is 2.17. The molecule has 0 saturated carbocycles. The monoisotopic (exact) mass is 255 g/mol. The van der Waals surface area contributed by atoms with Crippen LogP contribution < -0.4 is 5.32 Å². The molecule has 1 unspecified atom stereocenters. The highest BCUT2D eigenvalue weighted by atomic mass is 14.9. The van der Waals surface area contributed by atoms with Crippen LogP contribution in [0.3, 0.4) is 0 Å². The van der Waals surface area contributed by atoms with Gasteiger partial charge in [-0.3, -0.25) is 0 Å². The number of aromatic nitrogens is 2. The van der Waals surface area contributed by atoms with E-state index in [1.807, 2.05) is 6.07 Å².